The summed E-state index contributed by atoms with van der Waals surface area (Å²) in [6.07, 6.45) is 1.79. The second-order valence-corrected chi connectivity index (χ2v) is 6.33. The molecule has 0 spiro atoms. The van der Waals surface area contributed by atoms with Crippen molar-refractivity contribution in [1.82, 2.24) is 4.98 Å². The van der Waals surface area contributed by atoms with Gasteiger partial charge in [0, 0.05) is 22.8 Å². The van der Waals surface area contributed by atoms with E-state index < -0.39 is 0 Å². The maximum absolute atomic E-state index is 5.64. The van der Waals surface area contributed by atoms with Crippen LogP contribution in [0.15, 0.2) is 23.7 Å². The quantitative estimate of drug-likeness (QED) is 0.903. The Balaban J connectivity index is 2.09. The molecule has 19 heavy (non-hydrogen) atoms. The van der Waals surface area contributed by atoms with Crippen LogP contribution in [-0.4, -0.2) is 11.8 Å². The van der Waals surface area contributed by atoms with Gasteiger partial charge in [0.1, 0.15) is 0 Å². The Morgan fingerprint density at radius 1 is 1.26 bits per heavy atom. The van der Waals surface area contributed by atoms with E-state index in [0.717, 1.165) is 27.9 Å². The van der Waals surface area contributed by atoms with Gasteiger partial charge in [-0.05, 0) is 17.5 Å². The molecule has 0 amide bonds. The average Bonchev–Trinajstić information content (AvgIpc) is 2.96. The van der Waals surface area contributed by atoms with E-state index in [4.69, 9.17) is 9.47 Å². The van der Waals surface area contributed by atoms with E-state index in [9.17, 15) is 0 Å². The van der Waals surface area contributed by atoms with Crippen molar-refractivity contribution in [3.63, 3.8) is 0 Å². The fourth-order valence-electron chi connectivity index (χ4n) is 2.22. The summed E-state index contributed by atoms with van der Waals surface area (Å²) in [4.78, 5) is 4.26. The van der Waals surface area contributed by atoms with Gasteiger partial charge in [-0.1, -0.05) is 20.8 Å². The van der Waals surface area contributed by atoms with Crippen molar-refractivity contribution in [2.45, 2.75) is 26.2 Å². The van der Waals surface area contributed by atoms with E-state index in [1.54, 1.807) is 17.5 Å². The highest BCUT2D eigenvalue weighted by Crippen LogP contribution is 2.46. The Morgan fingerprint density at radius 2 is 2.11 bits per heavy atom. The summed E-state index contributed by atoms with van der Waals surface area (Å²) in [5.74, 6) is 1.66. The van der Waals surface area contributed by atoms with Crippen LogP contribution in [0.25, 0.3) is 0 Å². The Labute approximate surface area is 116 Å². The molecular weight excluding hydrogens is 260 g/mol. The molecule has 0 atom stereocenters. The molecule has 0 unspecified atom stereocenters. The summed E-state index contributed by atoms with van der Waals surface area (Å²) < 4.78 is 11.1. The number of hydrogen-bond acceptors (Lipinski definition) is 5. The van der Waals surface area contributed by atoms with Crippen molar-refractivity contribution in [1.29, 1.82) is 0 Å². The second kappa shape index (κ2) is 4.42. The van der Waals surface area contributed by atoms with Crippen LogP contribution in [0.5, 0.6) is 11.5 Å². The Kier molecular flexibility index (Phi) is 2.86. The molecular formula is C14H16N2O2S. The van der Waals surface area contributed by atoms with E-state index >= 15 is 0 Å². The summed E-state index contributed by atoms with van der Waals surface area (Å²) >= 11 is 1.58. The third-order valence-electron chi connectivity index (χ3n) is 2.96. The Bertz CT molecular complexity index is 588. The van der Waals surface area contributed by atoms with Crippen molar-refractivity contribution in [2.75, 3.05) is 12.1 Å². The predicted molar refractivity (Wildman–Crippen MR) is 76.7 cm³/mol. The van der Waals surface area contributed by atoms with Gasteiger partial charge < -0.3 is 14.8 Å². The SMILES string of the molecule is CC(C)(C)c1c(Nc2nccs2)ccc2c1OCO2. The van der Waals surface area contributed by atoms with Gasteiger partial charge in [0.25, 0.3) is 0 Å². The van der Waals surface area contributed by atoms with Crippen molar-refractivity contribution < 1.29 is 9.47 Å². The molecule has 2 aromatic rings. The zero-order valence-corrected chi connectivity index (χ0v) is 12.0. The number of ether oxygens (including phenoxy) is 2. The van der Waals surface area contributed by atoms with Gasteiger partial charge in [-0.3, -0.25) is 0 Å². The zero-order valence-electron chi connectivity index (χ0n) is 11.2. The normalized spacial score (nSPS) is 13.6. The van der Waals surface area contributed by atoms with Crippen LogP contribution in [0.2, 0.25) is 0 Å². The Hall–Kier alpha value is -1.75. The molecule has 0 bridgehead atoms. The molecule has 0 radical (unpaired) electrons. The molecule has 0 saturated carbocycles. The second-order valence-electron chi connectivity index (χ2n) is 5.43. The number of rotatable bonds is 2. The van der Waals surface area contributed by atoms with Crippen molar-refractivity contribution >= 4 is 22.2 Å². The first-order valence-electron chi connectivity index (χ1n) is 6.15. The van der Waals surface area contributed by atoms with E-state index in [1.807, 2.05) is 17.5 Å². The molecule has 3 rings (SSSR count). The maximum atomic E-state index is 5.64. The monoisotopic (exact) mass is 276 g/mol. The lowest BCUT2D eigenvalue weighted by Gasteiger charge is -2.24. The van der Waals surface area contributed by atoms with Crippen LogP contribution in [-0.2, 0) is 5.41 Å². The first-order valence-corrected chi connectivity index (χ1v) is 7.03. The highest BCUT2D eigenvalue weighted by Gasteiger charge is 2.29. The fourth-order valence-corrected chi connectivity index (χ4v) is 2.76. The van der Waals surface area contributed by atoms with Gasteiger partial charge >= 0.3 is 0 Å². The van der Waals surface area contributed by atoms with Crippen molar-refractivity contribution in [3.8, 4) is 11.5 Å². The first kappa shape index (κ1) is 12.3. The van der Waals surface area contributed by atoms with Gasteiger partial charge in [0.2, 0.25) is 6.79 Å². The molecule has 0 saturated heterocycles. The minimum absolute atomic E-state index is 0.0430. The van der Waals surface area contributed by atoms with Gasteiger partial charge in [-0.15, -0.1) is 11.3 Å². The largest absolute Gasteiger partial charge is 0.454 e. The van der Waals surface area contributed by atoms with E-state index in [0.29, 0.717) is 6.79 Å². The molecule has 5 heteroatoms. The van der Waals surface area contributed by atoms with Crippen LogP contribution in [0.4, 0.5) is 10.8 Å². The summed E-state index contributed by atoms with van der Waals surface area (Å²) in [7, 11) is 0. The molecule has 1 aromatic heterocycles. The lowest BCUT2D eigenvalue weighted by atomic mass is 9.84. The lowest BCUT2D eigenvalue weighted by Crippen LogP contribution is -2.15. The van der Waals surface area contributed by atoms with Crippen LogP contribution < -0.4 is 14.8 Å². The van der Waals surface area contributed by atoms with Gasteiger partial charge in [-0.25, -0.2) is 4.98 Å². The topological polar surface area (TPSA) is 43.4 Å². The molecule has 1 aromatic carbocycles. The maximum Gasteiger partial charge on any atom is 0.231 e. The van der Waals surface area contributed by atoms with E-state index in [1.165, 1.54) is 0 Å². The third kappa shape index (κ3) is 2.26. The standard InChI is InChI=1S/C14H16N2O2S/c1-14(2,3)11-9(16-13-15-6-7-19-13)4-5-10-12(11)18-8-17-10/h4-7H,8H2,1-3H3,(H,15,16). The number of nitrogens with zero attached hydrogens (tertiary/aromatic N) is 1. The lowest BCUT2D eigenvalue weighted by molar-refractivity contribution is 0.172. The smallest absolute Gasteiger partial charge is 0.231 e. The van der Waals surface area contributed by atoms with Crippen molar-refractivity contribution in [2.24, 2.45) is 0 Å². The average molecular weight is 276 g/mol. The number of fused-ring (bicyclic) bond motifs is 1. The van der Waals surface area contributed by atoms with Crippen LogP contribution in [0.3, 0.4) is 0 Å². The molecule has 1 aliphatic heterocycles. The highest BCUT2D eigenvalue weighted by molar-refractivity contribution is 7.13. The first-order chi connectivity index (χ1) is 9.05. The van der Waals surface area contributed by atoms with Gasteiger partial charge in [0.15, 0.2) is 16.6 Å². The molecule has 0 fully saturated rings. The summed E-state index contributed by atoms with van der Waals surface area (Å²) in [5, 5.41) is 6.19. The van der Waals surface area contributed by atoms with Gasteiger partial charge in [0.05, 0.1) is 0 Å². The molecule has 1 aliphatic rings. The molecule has 0 aliphatic carbocycles. The fraction of sp³-hybridized carbons (Fsp3) is 0.357. The highest BCUT2D eigenvalue weighted by atomic mass is 32.1. The van der Waals surface area contributed by atoms with E-state index in [-0.39, 0.29) is 5.41 Å². The summed E-state index contributed by atoms with van der Waals surface area (Å²) in [6.45, 7) is 6.78. The molecule has 100 valence electrons. The number of thiazole rings is 1. The van der Waals surface area contributed by atoms with Crippen LogP contribution >= 0.6 is 11.3 Å². The minimum Gasteiger partial charge on any atom is -0.454 e. The summed E-state index contributed by atoms with van der Waals surface area (Å²) in [6, 6.07) is 3.96. The number of anilines is 2. The number of hydrogen-bond donors (Lipinski definition) is 1. The molecule has 1 N–H and O–H groups in total. The van der Waals surface area contributed by atoms with Gasteiger partial charge in [-0.2, -0.15) is 0 Å². The van der Waals surface area contributed by atoms with Crippen molar-refractivity contribution in [3.05, 3.63) is 29.3 Å². The van der Waals surface area contributed by atoms with Crippen LogP contribution in [0.1, 0.15) is 26.3 Å². The summed E-state index contributed by atoms with van der Waals surface area (Å²) in [5.41, 5.74) is 2.10. The van der Waals surface area contributed by atoms with Crippen LogP contribution in [0, 0.1) is 0 Å². The molecule has 2 heterocycles. The zero-order chi connectivity index (χ0) is 13.5. The number of benzene rings is 1. The number of nitrogens with one attached hydrogen (secondary N) is 1. The predicted octanol–water partition coefficient (Wildman–Crippen LogP) is 3.91. The Morgan fingerprint density at radius 3 is 2.79 bits per heavy atom. The molecule has 4 nitrogen and oxygen atoms in total. The number of aromatic nitrogens is 1. The van der Waals surface area contributed by atoms with E-state index in [2.05, 4.69) is 31.1 Å². The minimum atomic E-state index is -0.0430. The third-order valence-corrected chi connectivity index (χ3v) is 3.65.